The van der Waals surface area contributed by atoms with Gasteiger partial charge in [0.2, 0.25) is 11.6 Å². The lowest BCUT2D eigenvalue weighted by Gasteiger charge is -2.19. The number of carbonyl (C=O) groups excluding carboxylic acids is 2. The van der Waals surface area contributed by atoms with Gasteiger partial charge in [0.05, 0.1) is 0 Å². The Kier molecular flexibility index (Phi) is 5.59. The maximum absolute atomic E-state index is 12.0. The minimum absolute atomic E-state index is 0.793. The number of Topliss-reactive ketones (excluding diaryl/α,β-unsaturated/α-hetero) is 2. The van der Waals surface area contributed by atoms with Gasteiger partial charge >= 0.3 is 0 Å². The lowest BCUT2D eigenvalue weighted by atomic mass is 10.1. The fraction of sp³-hybridized carbons (Fsp3) is 0.250. The molecule has 0 aromatic heterocycles. The first kappa shape index (κ1) is 18.9. The second-order valence-corrected chi connectivity index (χ2v) is 7.65. The molecular weight excluding hydrogens is 383 g/mol. The van der Waals surface area contributed by atoms with Crippen LogP contribution in [0.3, 0.4) is 0 Å². The molecule has 0 aliphatic heterocycles. The quantitative estimate of drug-likeness (QED) is 0.389. The summed E-state index contributed by atoms with van der Waals surface area (Å²) in [5.41, 5.74) is -1.59. The number of nitrogens with one attached hydrogen (secondary N) is 4. The zero-order valence-corrected chi connectivity index (χ0v) is 14.2. The van der Waals surface area contributed by atoms with Crippen molar-refractivity contribution in [2.75, 3.05) is 14.1 Å². The van der Waals surface area contributed by atoms with Crippen molar-refractivity contribution in [1.29, 1.82) is 0 Å². The van der Waals surface area contributed by atoms with E-state index in [2.05, 4.69) is 0 Å². The van der Waals surface area contributed by atoms with Gasteiger partial charge in [-0.25, -0.2) is 9.44 Å². The maximum Gasteiger partial charge on any atom is 0.299 e. The number of hydrogen-bond donors (Lipinski definition) is 4. The Morgan fingerprint density at radius 2 is 1.00 bits per heavy atom. The third-order valence-corrected chi connectivity index (χ3v) is 5.04. The molecule has 22 heavy (non-hydrogen) atoms. The predicted molar refractivity (Wildman–Crippen MR) is 78.0 cm³/mol. The van der Waals surface area contributed by atoms with Crippen molar-refractivity contribution in [2.45, 2.75) is 0 Å². The summed E-state index contributed by atoms with van der Waals surface area (Å²) in [4.78, 5) is 23.9. The number of allylic oxidation sites excluding steroid dienone is 2. The normalized spacial score (nSPS) is 17.1. The van der Waals surface area contributed by atoms with Gasteiger partial charge < -0.3 is 0 Å². The molecule has 0 unspecified atom stereocenters. The van der Waals surface area contributed by atoms with E-state index in [0.29, 0.717) is 0 Å². The van der Waals surface area contributed by atoms with Gasteiger partial charge in [-0.05, 0) is 0 Å². The molecule has 10 nitrogen and oxygen atoms in total. The Labute approximate surface area is 136 Å². The largest absolute Gasteiger partial charge is 0.299 e. The molecule has 0 heterocycles. The van der Waals surface area contributed by atoms with Crippen molar-refractivity contribution in [3.63, 3.8) is 0 Å². The van der Waals surface area contributed by atoms with Gasteiger partial charge in [-0.15, -0.1) is 0 Å². The van der Waals surface area contributed by atoms with E-state index >= 15 is 0 Å². The lowest BCUT2D eigenvalue weighted by molar-refractivity contribution is -0.116. The second kappa shape index (κ2) is 6.52. The summed E-state index contributed by atoms with van der Waals surface area (Å²) in [6.45, 7) is 0. The third-order valence-electron chi connectivity index (χ3n) is 2.30. The molecule has 1 aliphatic rings. The van der Waals surface area contributed by atoms with Crippen molar-refractivity contribution in [3.05, 3.63) is 21.5 Å². The van der Waals surface area contributed by atoms with Crippen molar-refractivity contribution in [2.24, 2.45) is 0 Å². The molecular formula is C8H10Cl2N4O6S2. The summed E-state index contributed by atoms with van der Waals surface area (Å²) in [6, 6.07) is 0. The van der Waals surface area contributed by atoms with Crippen LogP contribution in [-0.4, -0.2) is 42.5 Å². The van der Waals surface area contributed by atoms with Crippen molar-refractivity contribution < 1.29 is 26.4 Å². The summed E-state index contributed by atoms with van der Waals surface area (Å²) in [6.07, 6.45) is 0. The van der Waals surface area contributed by atoms with Crippen molar-refractivity contribution >= 4 is 55.2 Å². The van der Waals surface area contributed by atoms with Crippen LogP contribution in [0.1, 0.15) is 0 Å². The standard InChI is InChI=1S/C8H10Cl2N4O6S2/c1-11-21(17,18)13-5-3(9)8(16)6(4(10)7(5)15)14-22(19,20)12-2/h11-14H,1-2H3. The van der Waals surface area contributed by atoms with Crippen LogP contribution in [0.4, 0.5) is 0 Å². The van der Waals surface area contributed by atoms with Crippen molar-refractivity contribution in [1.82, 2.24) is 18.9 Å². The molecule has 14 heteroatoms. The van der Waals surface area contributed by atoms with Crippen LogP contribution < -0.4 is 18.9 Å². The van der Waals surface area contributed by atoms with Gasteiger partial charge in [0, 0.05) is 14.1 Å². The predicted octanol–water partition coefficient (Wildman–Crippen LogP) is -1.85. The molecule has 0 aromatic rings. The first-order valence-corrected chi connectivity index (χ1v) is 8.99. The Morgan fingerprint density at radius 3 is 1.23 bits per heavy atom. The molecule has 0 aromatic carbocycles. The van der Waals surface area contributed by atoms with E-state index in [1.54, 1.807) is 9.44 Å². The van der Waals surface area contributed by atoms with Crippen LogP contribution in [0.5, 0.6) is 0 Å². The topological polar surface area (TPSA) is 151 Å². The molecule has 0 saturated carbocycles. The SMILES string of the molecule is CNS(=O)(=O)NC1=C(Cl)C(=O)C(NS(=O)(=O)NC)=C(Cl)C1=O. The van der Waals surface area contributed by atoms with Crippen LogP contribution >= 0.6 is 23.2 Å². The van der Waals surface area contributed by atoms with E-state index in [1.165, 1.54) is 0 Å². The zero-order valence-electron chi connectivity index (χ0n) is 11.0. The number of hydrogen-bond acceptors (Lipinski definition) is 6. The molecule has 1 rings (SSSR count). The van der Waals surface area contributed by atoms with Gasteiger partial charge in [0.1, 0.15) is 21.5 Å². The summed E-state index contributed by atoms with van der Waals surface area (Å²) < 4.78 is 52.6. The van der Waals surface area contributed by atoms with Crippen molar-refractivity contribution in [3.8, 4) is 0 Å². The monoisotopic (exact) mass is 392 g/mol. The first-order chi connectivity index (χ1) is 9.95. The molecule has 1 aliphatic carbocycles. The minimum atomic E-state index is -4.14. The highest BCUT2D eigenvalue weighted by atomic mass is 35.5. The van der Waals surface area contributed by atoms with E-state index in [-0.39, 0.29) is 0 Å². The van der Waals surface area contributed by atoms with Gasteiger partial charge in [-0.2, -0.15) is 16.8 Å². The lowest BCUT2D eigenvalue weighted by Crippen LogP contribution is -2.42. The molecule has 124 valence electrons. The summed E-state index contributed by atoms with van der Waals surface area (Å²) in [7, 11) is -6.17. The van der Waals surface area contributed by atoms with E-state index in [0.717, 1.165) is 14.1 Å². The van der Waals surface area contributed by atoms with E-state index in [1.807, 2.05) is 9.44 Å². The Hall–Kier alpha value is -1.18. The van der Waals surface area contributed by atoms with Gasteiger partial charge in [-0.3, -0.25) is 19.0 Å². The second-order valence-electron chi connectivity index (χ2n) is 3.66. The molecule has 0 fully saturated rings. The fourth-order valence-corrected chi connectivity index (χ4v) is 2.90. The molecule has 0 spiro atoms. The smallest absolute Gasteiger partial charge is 0.286 e. The molecule has 0 radical (unpaired) electrons. The minimum Gasteiger partial charge on any atom is -0.286 e. The number of carbonyl (C=O) groups is 2. The Bertz CT molecular complexity index is 730. The number of ketones is 2. The van der Waals surface area contributed by atoms with E-state index in [4.69, 9.17) is 23.2 Å². The highest BCUT2D eigenvalue weighted by Gasteiger charge is 2.36. The molecule has 0 bridgehead atoms. The van der Waals surface area contributed by atoms with E-state index in [9.17, 15) is 26.4 Å². The highest BCUT2D eigenvalue weighted by molar-refractivity contribution is 7.88. The average molecular weight is 393 g/mol. The van der Waals surface area contributed by atoms with Crippen LogP contribution in [0.2, 0.25) is 0 Å². The first-order valence-electron chi connectivity index (χ1n) is 5.27. The molecule has 4 N–H and O–H groups in total. The molecule has 0 atom stereocenters. The maximum atomic E-state index is 12.0. The van der Waals surface area contributed by atoms with Crippen LogP contribution in [-0.2, 0) is 30.0 Å². The summed E-state index contributed by atoms with van der Waals surface area (Å²) >= 11 is 11.3. The van der Waals surface area contributed by atoms with Gasteiger partial charge in [0.25, 0.3) is 20.4 Å². The summed E-state index contributed by atoms with van der Waals surface area (Å²) in [5.74, 6) is -2.34. The van der Waals surface area contributed by atoms with Gasteiger partial charge in [-0.1, -0.05) is 23.2 Å². The van der Waals surface area contributed by atoms with Crippen LogP contribution in [0.25, 0.3) is 0 Å². The third kappa shape index (κ3) is 3.97. The Balaban J connectivity index is 3.31. The van der Waals surface area contributed by atoms with Crippen LogP contribution in [0, 0.1) is 0 Å². The fourth-order valence-electron chi connectivity index (χ4n) is 1.20. The molecule has 0 amide bonds. The van der Waals surface area contributed by atoms with E-state index < -0.39 is 53.4 Å². The number of rotatable bonds is 6. The average Bonchev–Trinajstić information content (AvgIpc) is 2.46. The number of halogens is 2. The van der Waals surface area contributed by atoms with Crippen LogP contribution in [0.15, 0.2) is 21.5 Å². The highest BCUT2D eigenvalue weighted by Crippen LogP contribution is 2.27. The van der Waals surface area contributed by atoms with Gasteiger partial charge in [0.15, 0.2) is 0 Å². The summed E-state index contributed by atoms with van der Waals surface area (Å²) in [5, 5.41) is -1.66. The zero-order chi connectivity index (χ0) is 17.3. The Morgan fingerprint density at radius 1 is 0.727 bits per heavy atom. The molecule has 0 saturated heterocycles.